The first-order chi connectivity index (χ1) is 11.1. The molecule has 2 amide bonds. The Balaban J connectivity index is 1.70. The van der Waals surface area contributed by atoms with E-state index in [1.807, 2.05) is 0 Å². The number of fused-ring (bicyclic) bond motifs is 1. The van der Waals surface area contributed by atoms with Gasteiger partial charge in [0.15, 0.2) is 0 Å². The van der Waals surface area contributed by atoms with Crippen LogP contribution in [0.5, 0.6) is 0 Å². The Morgan fingerprint density at radius 1 is 1.39 bits per heavy atom. The maximum Gasteiger partial charge on any atom is 0.415 e. The number of carbonyl (C=O) groups is 2. The first kappa shape index (κ1) is 13.7. The summed E-state index contributed by atoms with van der Waals surface area (Å²) in [5.74, 6) is 1.27. The molecule has 0 unspecified atom stereocenters. The summed E-state index contributed by atoms with van der Waals surface area (Å²) in [4.78, 5) is 33.4. The van der Waals surface area contributed by atoms with Gasteiger partial charge in [0, 0.05) is 17.5 Å². The lowest BCUT2D eigenvalue weighted by Crippen LogP contribution is -2.24. The molecule has 2 aliphatic rings. The highest BCUT2D eigenvalue weighted by Gasteiger charge is 2.30. The molecule has 2 aromatic rings. The van der Waals surface area contributed by atoms with Gasteiger partial charge in [0.25, 0.3) is 0 Å². The van der Waals surface area contributed by atoms with E-state index in [1.54, 1.807) is 18.3 Å². The molecule has 0 radical (unpaired) electrons. The van der Waals surface area contributed by atoms with E-state index in [0.29, 0.717) is 30.2 Å². The van der Waals surface area contributed by atoms with Crippen molar-refractivity contribution in [2.45, 2.75) is 12.8 Å². The number of anilines is 3. The van der Waals surface area contributed by atoms with Gasteiger partial charge in [-0.25, -0.2) is 14.8 Å². The number of nitrogens with zero attached hydrogens (tertiary/aromatic N) is 3. The van der Waals surface area contributed by atoms with E-state index in [1.165, 1.54) is 4.90 Å². The minimum absolute atomic E-state index is 0.0118. The maximum atomic E-state index is 11.8. The van der Waals surface area contributed by atoms with Gasteiger partial charge in [-0.3, -0.25) is 9.69 Å². The van der Waals surface area contributed by atoms with Crippen LogP contribution >= 0.6 is 0 Å². The Bertz CT molecular complexity index is 818. The van der Waals surface area contributed by atoms with Crippen molar-refractivity contribution in [3.8, 4) is 0 Å². The van der Waals surface area contributed by atoms with Gasteiger partial charge in [-0.1, -0.05) is 0 Å². The quantitative estimate of drug-likeness (QED) is 0.888. The zero-order valence-corrected chi connectivity index (χ0v) is 12.3. The Morgan fingerprint density at radius 3 is 2.91 bits per heavy atom. The second kappa shape index (κ2) is 5.08. The average molecular weight is 313 g/mol. The molecule has 2 fully saturated rings. The standard InChI is InChI=1S/C15H15N5O3/c16-13-10-7-17-11(18-14(21)8-1-2-8)5-9(10)6-12(19-13)20-3-4-23-15(20)22/h5-8H,1-4H2,(H2,16,19)(H,17,18,21). The number of hydrogen-bond acceptors (Lipinski definition) is 6. The fourth-order valence-electron chi connectivity index (χ4n) is 2.54. The van der Waals surface area contributed by atoms with Gasteiger partial charge in [0.1, 0.15) is 24.1 Å². The van der Waals surface area contributed by atoms with Crippen molar-refractivity contribution >= 4 is 40.2 Å². The zero-order chi connectivity index (χ0) is 16.0. The zero-order valence-electron chi connectivity index (χ0n) is 12.3. The maximum absolute atomic E-state index is 11.8. The lowest BCUT2D eigenvalue weighted by atomic mass is 10.2. The SMILES string of the molecule is Nc1nc(N2CCOC2=O)cc2cc(NC(=O)C3CC3)ncc12. The van der Waals surface area contributed by atoms with Gasteiger partial charge in [-0.05, 0) is 30.4 Å². The third-order valence-electron chi connectivity index (χ3n) is 3.97. The van der Waals surface area contributed by atoms with Crippen molar-refractivity contribution in [1.29, 1.82) is 0 Å². The van der Waals surface area contributed by atoms with Crippen LogP contribution in [0.15, 0.2) is 18.3 Å². The van der Waals surface area contributed by atoms with Gasteiger partial charge in [-0.2, -0.15) is 0 Å². The molecule has 8 heteroatoms. The van der Waals surface area contributed by atoms with Crippen LogP contribution in [0.1, 0.15) is 12.8 Å². The molecule has 4 rings (SSSR count). The minimum Gasteiger partial charge on any atom is -0.447 e. The Kier molecular flexibility index (Phi) is 3.03. The molecule has 0 atom stereocenters. The highest BCUT2D eigenvalue weighted by Crippen LogP contribution is 2.31. The van der Waals surface area contributed by atoms with Gasteiger partial charge in [0.05, 0.1) is 6.54 Å². The number of ether oxygens (including phenoxy) is 1. The van der Waals surface area contributed by atoms with Crippen LogP contribution in [-0.2, 0) is 9.53 Å². The van der Waals surface area contributed by atoms with Gasteiger partial charge < -0.3 is 15.8 Å². The van der Waals surface area contributed by atoms with Crippen LogP contribution in [0.2, 0.25) is 0 Å². The number of rotatable bonds is 3. The second-order valence-corrected chi connectivity index (χ2v) is 5.69. The summed E-state index contributed by atoms with van der Waals surface area (Å²) in [5, 5.41) is 4.23. The molecule has 3 heterocycles. The topological polar surface area (TPSA) is 110 Å². The molecule has 0 spiro atoms. The largest absolute Gasteiger partial charge is 0.447 e. The highest BCUT2D eigenvalue weighted by molar-refractivity contribution is 5.99. The van der Waals surface area contributed by atoms with Crippen LogP contribution < -0.4 is 16.0 Å². The first-order valence-electron chi connectivity index (χ1n) is 7.43. The van der Waals surface area contributed by atoms with E-state index in [4.69, 9.17) is 10.5 Å². The summed E-state index contributed by atoms with van der Waals surface area (Å²) in [7, 11) is 0. The van der Waals surface area contributed by atoms with Gasteiger partial charge in [0.2, 0.25) is 5.91 Å². The van der Waals surface area contributed by atoms with E-state index in [-0.39, 0.29) is 17.6 Å². The third kappa shape index (κ3) is 2.52. The third-order valence-corrected chi connectivity index (χ3v) is 3.97. The van der Waals surface area contributed by atoms with Crippen LogP contribution in [0.3, 0.4) is 0 Å². The molecule has 1 aliphatic carbocycles. The monoisotopic (exact) mass is 313 g/mol. The van der Waals surface area contributed by atoms with E-state index in [0.717, 1.165) is 18.2 Å². The molecule has 1 saturated carbocycles. The molecule has 23 heavy (non-hydrogen) atoms. The van der Waals surface area contributed by atoms with E-state index < -0.39 is 6.09 Å². The molecule has 8 nitrogen and oxygen atoms in total. The summed E-state index contributed by atoms with van der Waals surface area (Å²) in [6, 6.07) is 3.48. The second-order valence-electron chi connectivity index (χ2n) is 5.69. The number of pyridine rings is 2. The van der Waals surface area contributed by atoms with Crippen molar-refractivity contribution in [2.75, 3.05) is 29.1 Å². The fourth-order valence-corrected chi connectivity index (χ4v) is 2.54. The summed E-state index contributed by atoms with van der Waals surface area (Å²) >= 11 is 0. The smallest absolute Gasteiger partial charge is 0.415 e. The highest BCUT2D eigenvalue weighted by atomic mass is 16.6. The molecule has 3 N–H and O–H groups in total. The molecule has 1 aliphatic heterocycles. The number of aromatic nitrogens is 2. The number of cyclic esters (lactones) is 1. The van der Waals surface area contributed by atoms with Crippen molar-refractivity contribution in [3.05, 3.63) is 18.3 Å². The number of hydrogen-bond donors (Lipinski definition) is 2. The lowest BCUT2D eigenvalue weighted by molar-refractivity contribution is -0.117. The predicted octanol–water partition coefficient (Wildman–Crippen LogP) is 1.52. The van der Waals surface area contributed by atoms with Crippen LogP contribution in [0.4, 0.5) is 22.2 Å². The molecule has 1 saturated heterocycles. The summed E-state index contributed by atoms with van der Waals surface area (Å²) in [5.41, 5.74) is 5.96. The molecule has 118 valence electrons. The van der Waals surface area contributed by atoms with Gasteiger partial charge in [-0.15, -0.1) is 0 Å². The van der Waals surface area contributed by atoms with Crippen LogP contribution in [-0.4, -0.2) is 35.1 Å². The Hall–Kier alpha value is -2.90. The number of nitrogen functional groups attached to an aromatic ring is 1. The summed E-state index contributed by atoms with van der Waals surface area (Å²) in [6.07, 6.45) is 2.99. The van der Waals surface area contributed by atoms with Crippen LogP contribution in [0, 0.1) is 5.92 Å². The number of amides is 2. The molecule has 0 aromatic carbocycles. The number of nitrogens with one attached hydrogen (secondary N) is 1. The minimum atomic E-state index is -0.437. The van der Waals surface area contributed by atoms with E-state index in [9.17, 15) is 9.59 Å². The molecule has 2 aromatic heterocycles. The summed E-state index contributed by atoms with van der Waals surface area (Å²) < 4.78 is 4.92. The van der Waals surface area contributed by atoms with Crippen molar-refractivity contribution in [1.82, 2.24) is 9.97 Å². The lowest BCUT2D eigenvalue weighted by Gasteiger charge is -2.14. The van der Waals surface area contributed by atoms with Crippen molar-refractivity contribution in [2.24, 2.45) is 5.92 Å². The Labute approximate surface area is 131 Å². The first-order valence-corrected chi connectivity index (χ1v) is 7.43. The number of nitrogens with two attached hydrogens (primary N) is 1. The van der Waals surface area contributed by atoms with E-state index in [2.05, 4.69) is 15.3 Å². The van der Waals surface area contributed by atoms with Crippen LogP contribution in [0.25, 0.3) is 10.8 Å². The Morgan fingerprint density at radius 2 is 2.22 bits per heavy atom. The molecular weight excluding hydrogens is 298 g/mol. The molecular formula is C15H15N5O3. The van der Waals surface area contributed by atoms with E-state index >= 15 is 0 Å². The fraction of sp³-hybridized carbons (Fsp3) is 0.333. The molecule has 0 bridgehead atoms. The number of carbonyl (C=O) groups excluding carboxylic acids is 2. The normalized spacial score (nSPS) is 17.4. The summed E-state index contributed by atoms with van der Waals surface area (Å²) in [6.45, 7) is 0.768. The predicted molar refractivity (Wildman–Crippen MR) is 84.0 cm³/mol. The van der Waals surface area contributed by atoms with Gasteiger partial charge >= 0.3 is 6.09 Å². The average Bonchev–Trinajstić information content (AvgIpc) is 3.29. The van der Waals surface area contributed by atoms with Crippen molar-refractivity contribution < 1.29 is 14.3 Å². The van der Waals surface area contributed by atoms with Crippen molar-refractivity contribution in [3.63, 3.8) is 0 Å².